The summed E-state index contributed by atoms with van der Waals surface area (Å²) in [5.74, 6) is -1.20. The predicted octanol–water partition coefficient (Wildman–Crippen LogP) is 4.16. The van der Waals surface area contributed by atoms with Crippen LogP contribution in [0.5, 0.6) is 0 Å². The number of allylic oxidation sites excluding steroid dienone is 6. The lowest BCUT2D eigenvalue weighted by Gasteiger charge is -2.24. The molecule has 0 radical (unpaired) electrons. The van der Waals surface area contributed by atoms with E-state index in [2.05, 4.69) is 40.7 Å². The van der Waals surface area contributed by atoms with E-state index in [-0.39, 0.29) is 40.2 Å². The second-order valence-electron chi connectivity index (χ2n) is 10.4. The van der Waals surface area contributed by atoms with Crippen LogP contribution in [0.15, 0.2) is 77.8 Å². The van der Waals surface area contributed by atoms with E-state index in [0.717, 1.165) is 12.8 Å². The summed E-state index contributed by atoms with van der Waals surface area (Å²) < 4.78 is 37.9. The summed E-state index contributed by atoms with van der Waals surface area (Å²) in [7, 11) is 1.58. The lowest BCUT2D eigenvalue weighted by Crippen LogP contribution is -2.41. The summed E-state index contributed by atoms with van der Waals surface area (Å²) in [5, 5.41) is 25.1. The van der Waals surface area contributed by atoms with Crippen LogP contribution in [0.2, 0.25) is 0 Å². The molecule has 1 saturated carbocycles. The fourth-order valence-corrected chi connectivity index (χ4v) is 3.93. The number of aliphatic imine (C=N–C) groups is 1. The van der Waals surface area contributed by atoms with Crippen molar-refractivity contribution in [3.05, 3.63) is 72.8 Å². The number of halogens is 3. The van der Waals surface area contributed by atoms with Gasteiger partial charge in [-0.2, -0.15) is 13.2 Å². The molecule has 5 N–H and O–H groups in total. The number of amidine groups is 1. The first kappa shape index (κ1) is 33.1. The molecule has 2 rings (SSSR count). The van der Waals surface area contributed by atoms with E-state index in [1.807, 2.05) is 13.8 Å². The number of likely N-dealkylation sites (tertiary alicyclic amines) is 1. The van der Waals surface area contributed by atoms with Gasteiger partial charge in [0.25, 0.3) is 5.91 Å². The Morgan fingerprint density at radius 2 is 1.90 bits per heavy atom. The molecule has 12 heteroatoms. The van der Waals surface area contributed by atoms with E-state index in [0.29, 0.717) is 19.1 Å². The van der Waals surface area contributed by atoms with Gasteiger partial charge >= 0.3 is 6.18 Å². The summed E-state index contributed by atoms with van der Waals surface area (Å²) in [6.07, 6.45) is 4.42. The van der Waals surface area contributed by atoms with Crippen molar-refractivity contribution in [2.24, 2.45) is 16.3 Å². The molecule has 1 aliphatic heterocycles. The van der Waals surface area contributed by atoms with Gasteiger partial charge in [0.1, 0.15) is 5.70 Å². The van der Waals surface area contributed by atoms with Crippen LogP contribution >= 0.6 is 0 Å². The normalized spacial score (nSPS) is 19.5. The number of nitrogens with one attached hydrogen (secondary N) is 5. The van der Waals surface area contributed by atoms with Gasteiger partial charge in [-0.15, -0.1) is 0 Å². The van der Waals surface area contributed by atoms with Crippen LogP contribution in [-0.2, 0) is 9.59 Å². The number of hydrogen-bond acceptors (Lipinski definition) is 7. The van der Waals surface area contributed by atoms with Crippen LogP contribution in [-0.4, -0.2) is 66.8 Å². The SMILES string of the molecule is C=C/C=C\C(C=NC(=C)C(=O)N/C(=C/NC)C(=N)N1CC(CNC2CC2)C(C)(C)C1=O)=C/C(=C)C(=N)CC(F)(F)F. The van der Waals surface area contributed by atoms with Gasteiger partial charge in [0.2, 0.25) is 5.91 Å². The topological polar surface area (TPSA) is 134 Å². The molecule has 41 heavy (non-hydrogen) atoms. The van der Waals surface area contributed by atoms with E-state index in [1.165, 1.54) is 41.6 Å². The molecule has 2 fully saturated rings. The van der Waals surface area contributed by atoms with E-state index >= 15 is 0 Å². The minimum Gasteiger partial charge on any atom is -0.392 e. The molecule has 1 atom stereocenters. The second kappa shape index (κ2) is 14.0. The van der Waals surface area contributed by atoms with Crippen LogP contribution in [0.1, 0.15) is 33.1 Å². The van der Waals surface area contributed by atoms with E-state index in [4.69, 9.17) is 10.8 Å². The molecule has 0 aromatic rings. The molecule has 1 heterocycles. The Kier molecular flexibility index (Phi) is 11.3. The average molecular weight is 574 g/mol. The van der Waals surface area contributed by atoms with Gasteiger partial charge in [-0.05, 0) is 30.1 Å². The number of nitrogens with zero attached hydrogens (tertiary/aromatic N) is 2. The molecular weight excluding hydrogens is 535 g/mol. The third-order valence-electron chi connectivity index (χ3n) is 6.67. The molecule has 0 bridgehead atoms. The monoisotopic (exact) mass is 573 g/mol. The fraction of sp³-hybridized carbons (Fsp3) is 0.414. The van der Waals surface area contributed by atoms with Crippen LogP contribution in [0.4, 0.5) is 13.2 Å². The first-order valence-corrected chi connectivity index (χ1v) is 13.0. The third kappa shape index (κ3) is 9.82. The summed E-state index contributed by atoms with van der Waals surface area (Å²) >= 11 is 0. The minimum atomic E-state index is -4.55. The Morgan fingerprint density at radius 1 is 1.24 bits per heavy atom. The molecule has 2 aliphatic rings. The Morgan fingerprint density at radius 3 is 2.46 bits per heavy atom. The largest absolute Gasteiger partial charge is 0.394 e. The number of carbonyl (C=O) groups excluding carboxylic acids is 2. The number of hydrogen-bond donors (Lipinski definition) is 5. The van der Waals surface area contributed by atoms with Gasteiger partial charge < -0.3 is 21.4 Å². The summed E-state index contributed by atoms with van der Waals surface area (Å²) in [4.78, 5) is 31.4. The summed E-state index contributed by atoms with van der Waals surface area (Å²) in [6, 6.07) is 0.479. The maximum atomic E-state index is 13.2. The van der Waals surface area contributed by atoms with E-state index in [1.54, 1.807) is 7.05 Å². The van der Waals surface area contributed by atoms with Crippen molar-refractivity contribution in [2.45, 2.75) is 45.3 Å². The van der Waals surface area contributed by atoms with Gasteiger partial charge in [0.15, 0.2) is 5.84 Å². The highest BCUT2D eigenvalue weighted by Crippen LogP contribution is 2.37. The standard InChI is InChI=1S/C29H38F3N7O2/c1-7-8-9-20(12-18(2)23(33)13-29(30,31)32)14-36-19(3)26(40)38-24(16-35-6)25(34)39-17-21(15-37-22-10-11-22)28(4,5)27(39)41/h7-9,12,14,16,21-22,33-35,37H,1-3,10-11,13,15,17H2,4-6H3,(H,38,40)/b9-8-,20-12+,24-16+,33-23?,34-25?,36-14?. The Bertz CT molecular complexity index is 1220. The molecule has 1 saturated heterocycles. The lowest BCUT2D eigenvalue weighted by molar-refractivity contribution is -0.132. The first-order chi connectivity index (χ1) is 19.1. The van der Waals surface area contributed by atoms with Gasteiger partial charge in [0.05, 0.1) is 12.1 Å². The highest BCUT2D eigenvalue weighted by molar-refractivity contribution is 6.11. The first-order valence-electron chi connectivity index (χ1n) is 13.0. The third-order valence-corrected chi connectivity index (χ3v) is 6.67. The van der Waals surface area contributed by atoms with Crippen LogP contribution in [0.25, 0.3) is 0 Å². The van der Waals surface area contributed by atoms with Crippen molar-refractivity contribution in [2.75, 3.05) is 20.1 Å². The minimum absolute atomic E-state index is 0.0248. The molecular formula is C29H38F3N7O2. The maximum absolute atomic E-state index is 13.2. The van der Waals surface area contributed by atoms with Crippen LogP contribution < -0.4 is 16.0 Å². The Hall–Kier alpha value is -4.06. The highest BCUT2D eigenvalue weighted by Gasteiger charge is 2.49. The van der Waals surface area contributed by atoms with Crippen molar-refractivity contribution >= 4 is 29.6 Å². The molecule has 0 aromatic carbocycles. The molecule has 1 unspecified atom stereocenters. The van der Waals surface area contributed by atoms with Crippen molar-refractivity contribution in [3.8, 4) is 0 Å². The van der Waals surface area contributed by atoms with E-state index in [9.17, 15) is 22.8 Å². The molecule has 9 nitrogen and oxygen atoms in total. The van der Waals surface area contributed by atoms with Crippen molar-refractivity contribution in [3.63, 3.8) is 0 Å². The number of rotatable bonds is 14. The van der Waals surface area contributed by atoms with Gasteiger partial charge in [-0.25, -0.2) is 0 Å². The zero-order valence-electron chi connectivity index (χ0n) is 23.6. The van der Waals surface area contributed by atoms with Gasteiger partial charge in [-0.3, -0.25) is 24.9 Å². The second-order valence-corrected chi connectivity index (χ2v) is 10.4. The van der Waals surface area contributed by atoms with Gasteiger partial charge in [0, 0.05) is 55.6 Å². The highest BCUT2D eigenvalue weighted by atomic mass is 19.4. The maximum Gasteiger partial charge on any atom is 0.394 e. The molecule has 1 aliphatic carbocycles. The number of amides is 2. The van der Waals surface area contributed by atoms with E-state index < -0.39 is 29.6 Å². The fourth-order valence-electron chi connectivity index (χ4n) is 3.93. The average Bonchev–Trinajstić information content (AvgIpc) is 3.68. The molecule has 222 valence electrons. The summed E-state index contributed by atoms with van der Waals surface area (Å²) in [5.41, 5.74) is -1.58. The predicted molar refractivity (Wildman–Crippen MR) is 156 cm³/mol. The quantitative estimate of drug-likeness (QED) is 0.0924. The summed E-state index contributed by atoms with van der Waals surface area (Å²) in [6.45, 7) is 15.4. The molecule has 0 aromatic heterocycles. The smallest absolute Gasteiger partial charge is 0.392 e. The zero-order valence-corrected chi connectivity index (χ0v) is 23.6. The Labute approximate surface area is 238 Å². The van der Waals surface area contributed by atoms with Crippen molar-refractivity contribution < 1.29 is 22.8 Å². The van der Waals surface area contributed by atoms with Crippen molar-refractivity contribution in [1.29, 1.82) is 10.8 Å². The van der Waals surface area contributed by atoms with Crippen LogP contribution in [0, 0.1) is 22.2 Å². The zero-order chi connectivity index (χ0) is 31.0. The van der Waals surface area contributed by atoms with Crippen LogP contribution in [0.3, 0.4) is 0 Å². The Balaban J connectivity index is 2.14. The number of carbonyl (C=O) groups is 2. The molecule has 0 spiro atoms. The lowest BCUT2D eigenvalue weighted by atomic mass is 9.81. The van der Waals surface area contributed by atoms with Gasteiger partial charge in [-0.1, -0.05) is 51.8 Å². The molecule has 2 amide bonds. The number of alkyl halides is 3. The van der Waals surface area contributed by atoms with Crippen molar-refractivity contribution in [1.82, 2.24) is 20.9 Å².